The molecule has 0 radical (unpaired) electrons. The van der Waals surface area contributed by atoms with Crippen LogP contribution in [0.15, 0.2) is 41.7 Å². The van der Waals surface area contributed by atoms with Gasteiger partial charge in [-0.1, -0.05) is 52.2 Å². The molecule has 0 unspecified atom stereocenters. The number of rotatable bonds is 7. The van der Waals surface area contributed by atoms with Gasteiger partial charge in [0.2, 0.25) is 5.95 Å². The summed E-state index contributed by atoms with van der Waals surface area (Å²) in [5.41, 5.74) is 3.84. The van der Waals surface area contributed by atoms with Gasteiger partial charge in [-0.05, 0) is 43.4 Å². The first kappa shape index (κ1) is 24.2. The maximum Gasteiger partial charge on any atom is 0.278 e. The zero-order valence-electron chi connectivity index (χ0n) is 21.7. The Labute approximate surface area is 211 Å². The Morgan fingerprint density at radius 2 is 1.97 bits per heavy atom. The molecular weight excluding hydrogens is 452 g/mol. The molecule has 1 N–H and O–H groups in total. The van der Waals surface area contributed by atoms with Crippen molar-refractivity contribution in [3.8, 4) is 5.69 Å². The first-order valence-electron chi connectivity index (χ1n) is 13.0. The number of anilines is 1. The summed E-state index contributed by atoms with van der Waals surface area (Å²) in [6, 6.07) is 8.29. The summed E-state index contributed by atoms with van der Waals surface area (Å²) in [6.45, 7) is 10.5. The number of H-pyrrole nitrogens is 1. The number of nitrogens with one attached hydrogen (secondary N) is 1. The minimum Gasteiger partial charge on any atom is -0.338 e. The van der Waals surface area contributed by atoms with Gasteiger partial charge >= 0.3 is 0 Å². The van der Waals surface area contributed by atoms with Crippen LogP contribution in [-0.2, 0) is 18.5 Å². The molecule has 0 atom stereocenters. The fourth-order valence-electron chi connectivity index (χ4n) is 5.23. The lowest BCUT2D eigenvalue weighted by Gasteiger charge is -2.30. The highest BCUT2D eigenvalue weighted by Crippen LogP contribution is 2.30. The molecule has 1 fully saturated rings. The summed E-state index contributed by atoms with van der Waals surface area (Å²) in [5.74, 6) is 1.20. The van der Waals surface area contributed by atoms with Crippen molar-refractivity contribution in [2.24, 2.45) is 5.92 Å². The first-order chi connectivity index (χ1) is 17.3. The molecule has 0 amide bonds. The van der Waals surface area contributed by atoms with E-state index in [1.54, 1.807) is 15.7 Å². The van der Waals surface area contributed by atoms with Crippen LogP contribution in [0.25, 0.3) is 16.7 Å². The van der Waals surface area contributed by atoms with Crippen LogP contribution in [0.3, 0.4) is 0 Å². The van der Waals surface area contributed by atoms with Gasteiger partial charge in [0, 0.05) is 25.0 Å². The lowest BCUT2D eigenvalue weighted by Crippen LogP contribution is -2.33. The smallest absolute Gasteiger partial charge is 0.278 e. The van der Waals surface area contributed by atoms with Crippen LogP contribution in [0.4, 0.5) is 5.95 Å². The summed E-state index contributed by atoms with van der Waals surface area (Å²) in [6.07, 6.45) is 9.50. The molecule has 4 aromatic rings. The Morgan fingerprint density at radius 3 is 2.67 bits per heavy atom. The summed E-state index contributed by atoms with van der Waals surface area (Å²) in [7, 11) is 0. The molecule has 1 aliphatic carbocycles. The van der Waals surface area contributed by atoms with Crippen molar-refractivity contribution in [2.75, 3.05) is 11.4 Å². The highest BCUT2D eigenvalue weighted by molar-refractivity contribution is 5.79. The Morgan fingerprint density at radius 1 is 1.17 bits per heavy atom. The summed E-state index contributed by atoms with van der Waals surface area (Å²) in [5, 5.41) is 9.05. The van der Waals surface area contributed by atoms with Gasteiger partial charge in [-0.3, -0.25) is 14.5 Å². The normalized spacial score (nSPS) is 15.0. The van der Waals surface area contributed by atoms with E-state index >= 15 is 0 Å². The number of aromatic nitrogens is 7. The van der Waals surface area contributed by atoms with E-state index in [9.17, 15) is 4.79 Å². The molecule has 3 heterocycles. The molecule has 0 bridgehead atoms. The van der Waals surface area contributed by atoms with Crippen molar-refractivity contribution in [1.82, 2.24) is 34.5 Å². The number of fused-ring (bicyclic) bond motifs is 1. The number of aromatic amines is 1. The maximum absolute atomic E-state index is 13.4. The van der Waals surface area contributed by atoms with E-state index < -0.39 is 0 Å². The third-order valence-corrected chi connectivity index (χ3v) is 7.07. The van der Waals surface area contributed by atoms with Gasteiger partial charge in [-0.15, -0.1) is 0 Å². The van der Waals surface area contributed by atoms with E-state index in [0.29, 0.717) is 36.0 Å². The predicted octanol–water partition coefficient (Wildman–Crippen LogP) is 4.60. The zero-order valence-corrected chi connectivity index (χ0v) is 21.7. The van der Waals surface area contributed by atoms with E-state index in [2.05, 4.69) is 52.9 Å². The molecule has 9 nitrogen and oxygen atoms in total. The van der Waals surface area contributed by atoms with Gasteiger partial charge in [0.1, 0.15) is 18.2 Å². The summed E-state index contributed by atoms with van der Waals surface area (Å²) >= 11 is 0. The Balaban J connectivity index is 1.57. The van der Waals surface area contributed by atoms with Crippen molar-refractivity contribution in [3.63, 3.8) is 0 Å². The zero-order chi connectivity index (χ0) is 25.3. The van der Waals surface area contributed by atoms with Crippen molar-refractivity contribution in [2.45, 2.75) is 78.3 Å². The molecule has 0 aliphatic heterocycles. The Bertz CT molecular complexity index is 1370. The summed E-state index contributed by atoms with van der Waals surface area (Å²) < 4.78 is 3.54. The van der Waals surface area contributed by atoms with Crippen LogP contribution in [-0.4, -0.2) is 41.1 Å². The minimum absolute atomic E-state index is 0.134. The van der Waals surface area contributed by atoms with Crippen LogP contribution >= 0.6 is 0 Å². The number of hydrogen-bond donors (Lipinski definition) is 1. The van der Waals surface area contributed by atoms with Gasteiger partial charge in [-0.2, -0.15) is 10.2 Å². The number of nitrogens with zero attached hydrogens (tertiary/aromatic N) is 7. The molecule has 5 rings (SSSR count). The van der Waals surface area contributed by atoms with Crippen molar-refractivity contribution >= 4 is 17.0 Å². The van der Waals surface area contributed by atoms with Crippen LogP contribution in [0.5, 0.6) is 0 Å². The van der Waals surface area contributed by atoms with Gasteiger partial charge in [-0.25, -0.2) is 14.6 Å². The molecule has 3 aromatic heterocycles. The third kappa shape index (κ3) is 4.92. The van der Waals surface area contributed by atoms with Crippen molar-refractivity contribution in [1.29, 1.82) is 0 Å². The lowest BCUT2D eigenvalue weighted by atomic mass is 9.89. The molecule has 0 spiro atoms. The molecule has 1 aromatic carbocycles. The Hall–Kier alpha value is -3.49. The topological polar surface area (TPSA) is 97.5 Å². The number of benzene rings is 1. The SMILES string of the molecule is CCn1nc(C(C)(C)C)c2nc(N(Cc3cccc(-n4cncn4)c3)CC3CCCCC3)[nH]c(=O)c21. The van der Waals surface area contributed by atoms with Crippen LogP contribution in [0.2, 0.25) is 0 Å². The van der Waals surface area contributed by atoms with E-state index in [4.69, 9.17) is 10.1 Å². The second-order valence-corrected chi connectivity index (χ2v) is 10.9. The van der Waals surface area contributed by atoms with E-state index in [-0.39, 0.29) is 11.0 Å². The maximum atomic E-state index is 13.4. The second-order valence-electron chi connectivity index (χ2n) is 10.9. The predicted molar refractivity (Wildman–Crippen MR) is 142 cm³/mol. The van der Waals surface area contributed by atoms with E-state index in [0.717, 1.165) is 23.5 Å². The molecule has 0 saturated heterocycles. The highest BCUT2D eigenvalue weighted by Gasteiger charge is 2.27. The second kappa shape index (κ2) is 9.87. The van der Waals surface area contributed by atoms with Gasteiger partial charge in [0.25, 0.3) is 5.56 Å². The highest BCUT2D eigenvalue weighted by atomic mass is 16.1. The monoisotopic (exact) mass is 488 g/mol. The summed E-state index contributed by atoms with van der Waals surface area (Å²) in [4.78, 5) is 27.9. The van der Waals surface area contributed by atoms with Gasteiger partial charge < -0.3 is 4.90 Å². The molecule has 190 valence electrons. The number of hydrogen-bond acceptors (Lipinski definition) is 6. The fraction of sp³-hybridized carbons (Fsp3) is 0.519. The first-order valence-corrected chi connectivity index (χ1v) is 13.0. The minimum atomic E-state index is -0.225. The molecular formula is C27H36N8O. The molecule has 1 aliphatic rings. The quantitative estimate of drug-likeness (QED) is 0.408. The fourth-order valence-corrected chi connectivity index (χ4v) is 5.23. The molecule has 9 heteroatoms. The molecule has 36 heavy (non-hydrogen) atoms. The van der Waals surface area contributed by atoms with E-state index in [1.165, 1.54) is 38.4 Å². The van der Waals surface area contributed by atoms with Gasteiger partial charge in [0.15, 0.2) is 5.52 Å². The standard InChI is InChI=1S/C27H36N8O/c1-5-34-23-22(24(32-34)27(2,3)4)30-26(31-25(23)36)33(15-19-10-7-6-8-11-19)16-20-12-9-13-21(14-20)35-18-28-17-29-35/h9,12-14,17-19H,5-8,10-11,15-16H2,1-4H3,(H,30,31,36). The Kier molecular flexibility index (Phi) is 6.64. The number of aryl methyl sites for hydroxylation is 1. The largest absolute Gasteiger partial charge is 0.338 e. The van der Waals surface area contributed by atoms with Crippen LogP contribution in [0, 0.1) is 5.92 Å². The molecule has 1 saturated carbocycles. The average Bonchev–Trinajstić information content (AvgIpc) is 3.53. The average molecular weight is 489 g/mol. The van der Waals surface area contributed by atoms with Crippen molar-refractivity contribution in [3.05, 3.63) is 58.5 Å². The third-order valence-electron chi connectivity index (χ3n) is 7.07. The van der Waals surface area contributed by atoms with Crippen molar-refractivity contribution < 1.29 is 0 Å². The lowest BCUT2D eigenvalue weighted by molar-refractivity contribution is 0.356. The van der Waals surface area contributed by atoms with E-state index in [1.807, 2.05) is 19.1 Å². The van der Waals surface area contributed by atoms with Crippen LogP contribution in [0.1, 0.15) is 71.1 Å². The van der Waals surface area contributed by atoms with Crippen LogP contribution < -0.4 is 10.5 Å². The van der Waals surface area contributed by atoms with Gasteiger partial charge in [0.05, 0.1) is 11.4 Å².